The molecule has 0 aliphatic rings. The SMILES string of the molecule is COc1ccc(/C=N\Nc2c(Cl)c(Cl)nc(C(=O)O)c2Cl)cc1. The number of benzene rings is 1. The summed E-state index contributed by atoms with van der Waals surface area (Å²) < 4.78 is 5.05. The van der Waals surface area contributed by atoms with E-state index in [0.717, 1.165) is 5.56 Å². The van der Waals surface area contributed by atoms with Crippen LogP contribution in [0.15, 0.2) is 29.4 Å². The van der Waals surface area contributed by atoms with Gasteiger partial charge in [-0.25, -0.2) is 9.78 Å². The summed E-state index contributed by atoms with van der Waals surface area (Å²) in [7, 11) is 1.57. The molecule has 120 valence electrons. The highest BCUT2D eigenvalue weighted by atomic mass is 35.5. The topological polar surface area (TPSA) is 83.8 Å². The lowest BCUT2D eigenvalue weighted by atomic mass is 10.2. The van der Waals surface area contributed by atoms with Crippen LogP contribution in [0.3, 0.4) is 0 Å². The Morgan fingerprint density at radius 3 is 2.48 bits per heavy atom. The maximum Gasteiger partial charge on any atom is 0.356 e. The van der Waals surface area contributed by atoms with Gasteiger partial charge in [-0.15, -0.1) is 0 Å². The fraction of sp³-hybridized carbons (Fsp3) is 0.0714. The zero-order valence-electron chi connectivity index (χ0n) is 11.7. The van der Waals surface area contributed by atoms with E-state index in [0.29, 0.717) is 5.75 Å². The van der Waals surface area contributed by atoms with Gasteiger partial charge in [0.05, 0.1) is 19.0 Å². The van der Waals surface area contributed by atoms with Gasteiger partial charge in [-0.1, -0.05) is 34.8 Å². The third-order valence-corrected chi connectivity index (χ3v) is 3.85. The summed E-state index contributed by atoms with van der Waals surface area (Å²) in [6, 6.07) is 7.12. The second-order valence-corrected chi connectivity index (χ2v) is 5.32. The molecule has 0 aliphatic heterocycles. The minimum absolute atomic E-state index is 0.0199. The van der Waals surface area contributed by atoms with Crippen molar-refractivity contribution in [2.75, 3.05) is 12.5 Å². The van der Waals surface area contributed by atoms with E-state index in [-0.39, 0.29) is 20.9 Å². The first kappa shape index (κ1) is 17.3. The summed E-state index contributed by atoms with van der Waals surface area (Å²) in [5.74, 6) is -0.607. The summed E-state index contributed by atoms with van der Waals surface area (Å²) in [5, 5.41) is 12.6. The minimum Gasteiger partial charge on any atom is -0.497 e. The van der Waals surface area contributed by atoms with Gasteiger partial charge in [0.15, 0.2) is 10.8 Å². The lowest BCUT2D eigenvalue weighted by Crippen LogP contribution is -2.05. The molecule has 0 fully saturated rings. The van der Waals surface area contributed by atoms with Crippen LogP contribution in [0.2, 0.25) is 15.2 Å². The number of carbonyl (C=O) groups is 1. The summed E-state index contributed by atoms with van der Waals surface area (Å²) in [5.41, 5.74) is 3.01. The number of methoxy groups -OCH3 is 1. The van der Waals surface area contributed by atoms with E-state index in [9.17, 15) is 4.79 Å². The molecule has 23 heavy (non-hydrogen) atoms. The molecule has 6 nitrogen and oxygen atoms in total. The number of halogens is 3. The smallest absolute Gasteiger partial charge is 0.356 e. The fourth-order valence-electron chi connectivity index (χ4n) is 1.62. The average molecular weight is 375 g/mol. The van der Waals surface area contributed by atoms with Gasteiger partial charge in [-0.05, 0) is 29.8 Å². The van der Waals surface area contributed by atoms with Crippen LogP contribution in [0.25, 0.3) is 0 Å². The molecule has 2 rings (SSSR count). The summed E-state index contributed by atoms with van der Waals surface area (Å²) >= 11 is 17.7. The van der Waals surface area contributed by atoms with E-state index in [2.05, 4.69) is 15.5 Å². The lowest BCUT2D eigenvalue weighted by molar-refractivity contribution is 0.0691. The van der Waals surface area contributed by atoms with Crippen molar-refractivity contribution in [3.63, 3.8) is 0 Å². The highest BCUT2D eigenvalue weighted by Gasteiger charge is 2.20. The average Bonchev–Trinajstić information content (AvgIpc) is 2.54. The Morgan fingerprint density at radius 1 is 1.26 bits per heavy atom. The standard InChI is InChI=1S/C14H10Cl3N3O3/c1-23-8-4-2-7(3-5-8)6-18-20-11-9(15)12(14(21)22)19-13(17)10(11)16/h2-6H,1H3,(H,19,20)(H,21,22)/b18-6-. The number of aromatic nitrogens is 1. The molecule has 2 N–H and O–H groups in total. The van der Waals surface area contributed by atoms with Gasteiger partial charge in [0.1, 0.15) is 15.8 Å². The van der Waals surface area contributed by atoms with E-state index >= 15 is 0 Å². The molecule has 0 saturated carbocycles. The molecule has 0 aliphatic carbocycles. The fourth-order valence-corrected chi connectivity index (χ4v) is 2.28. The van der Waals surface area contributed by atoms with Gasteiger partial charge >= 0.3 is 5.97 Å². The Morgan fingerprint density at radius 2 is 1.91 bits per heavy atom. The number of ether oxygens (including phenoxy) is 1. The summed E-state index contributed by atoms with van der Waals surface area (Å²) in [4.78, 5) is 14.7. The van der Waals surface area contributed by atoms with Crippen molar-refractivity contribution in [2.24, 2.45) is 5.10 Å². The number of hydrogen-bond donors (Lipinski definition) is 2. The second-order valence-electron chi connectivity index (χ2n) is 4.20. The van der Waals surface area contributed by atoms with Crippen molar-refractivity contribution >= 4 is 52.7 Å². The van der Waals surface area contributed by atoms with Gasteiger partial charge in [0.2, 0.25) is 0 Å². The molecule has 0 radical (unpaired) electrons. The van der Waals surface area contributed by atoms with E-state index in [1.807, 2.05) is 0 Å². The summed E-state index contributed by atoms with van der Waals surface area (Å²) in [6.45, 7) is 0. The van der Waals surface area contributed by atoms with Crippen molar-refractivity contribution in [3.8, 4) is 5.75 Å². The number of nitrogens with zero attached hydrogens (tertiary/aromatic N) is 2. The lowest BCUT2D eigenvalue weighted by Gasteiger charge is -2.09. The highest BCUT2D eigenvalue weighted by Crippen LogP contribution is 2.36. The minimum atomic E-state index is -1.32. The van der Waals surface area contributed by atoms with Crippen molar-refractivity contribution in [1.29, 1.82) is 0 Å². The van der Waals surface area contributed by atoms with Gasteiger partial charge < -0.3 is 9.84 Å². The zero-order chi connectivity index (χ0) is 17.0. The van der Waals surface area contributed by atoms with Gasteiger partial charge in [0.25, 0.3) is 0 Å². The maximum absolute atomic E-state index is 11.1. The van der Waals surface area contributed by atoms with Crippen molar-refractivity contribution in [1.82, 2.24) is 4.98 Å². The molecular formula is C14H10Cl3N3O3. The third kappa shape index (κ3) is 4.04. The van der Waals surface area contributed by atoms with Crippen LogP contribution in [0.4, 0.5) is 5.69 Å². The number of hydrogen-bond acceptors (Lipinski definition) is 5. The van der Waals surface area contributed by atoms with E-state index in [1.165, 1.54) is 6.21 Å². The molecule has 0 unspecified atom stereocenters. The van der Waals surface area contributed by atoms with Crippen molar-refractivity contribution in [2.45, 2.75) is 0 Å². The van der Waals surface area contributed by atoms with Crippen LogP contribution in [-0.2, 0) is 0 Å². The normalized spacial score (nSPS) is 10.8. The maximum atomic E-state index is 11.1. The first-order chi connectivity index (χ1) is 10.9. The zero-order valence-corrected chi connectivity index (χ0v) is 13.9. The molecule has 0 saturated heterocycles. The molecule has 1 aromatic carbocycles. The number of carboxylic acids is 1. The summed E-state index contributed by atoms with van der Waals surface area (Å²) in [6.07, 6.45) is 1.50. The molecule has 0 atom stereocenters. The van der Waals surface area contributed by atoms with E-state index < -0.39 is 11.7 Å². The number of rotatable bonds is 5. The molecule has 0 amide bonds. The van der Waals surface area contributed by atoms with Crippen molar-refractivity contribution in [3.05, 3.63) is 50.7 Å². The quantitative estimate of drug-likeness (QED) is 0.465. The number of anilines is 1. The van der Waals surface area contributed by atoms with Crippen LogP contribution in [-0.4, -0.2) is 29.4 Å². The van der Waals surface area contributed by atoms with Gasteiger partial charge in [-0.3, -0.25) is 5.43 Å². The Hall–Kier alpha value is -2.02. The third-order valence-electron chi connectivity index (χ3n) is 2.75. The Bertz CT molecular complexity index is 764. The predicted molar refractivity (Wildman–Crippen MR) is 90.4 cm³/mol. The molecule has 0 bridgehead atoms. The largest absolute Gasteiger partial charge is 0.497 e. The first-order valence-electron chi connectivity index (χ1n) is 6.15. The second kappa shape index (κ2) is 7.50. The van der Waals surface area contributed by atoms with Gasteiger partial charge in [0, 0.05) is 0 Å². The van der Waals surface area contributed by atoms with Crippen LogP contribution in [0.1, 0.15) is 16.1 Å². The number of pyridine rings is 1. The van der Waals surface area contributed by atoms with E-state index in [4.69, 9.17) is 44.6 Å². The molecule has 2 aromatic rings. The number of aromatic carboxylic acids is 1. The number of nitrogens with one attached hydrogen (secondary N) is 1. The molecule has 1 aromatic heterocycles. The Labute approximate surface area is 146 Å². The Balaban J connectivity index is 2.25. The Kier molecular flexibility index (Phi) is 5.65. The predicted octanol–water partition coefficient (Wildman–Crippen LogP) is 4.19. The van der Waals surface area contributed by atoms with Crippen LogP contribution in [0.5, 0.6) is 5.75 Å². The van der Waals surface area contributed by atoms with Crippen molar-refractivity contribution < 1.29 is 14.6 Å². The van der Waals surface area contributed by atoms with Crippen LogP contribution in [0, 0.1) is 0 Å². The highest BCUT2D eigenvalue weighted by molar-refractivity contribution is 6.46. The molecule has 9 heteroatoms. The number of hydrazone groups is 1. The number of carboxylic acid groups (broad SMARTS) is 1. The molecule has 1 heterocycles. The first-order valence-corrected chi connectivity index (χ1v) is 7.28. The van der Waals surface area contributed by atoms with E-state index in [1.54, 1.807) is 31.4 Å². The van der Waals surface area contributed by atoms with Crippen LogP contribution >= 0.6 is 34.8 Å². The van der Waals surface area contributed by atoms with Gasteiger partial charge in [-0.2, -0.15) is 5.10 Å². The monoisotopic (exact) mass is 373 g/mol. The molecular weight excluding hydrogens is 365 g/mol. The molecule has 0 spiro atoms. The van der Waals surface area contributed by atoms with Crippen LogP contribution < -0.4 is 10.2 Å².